The Morgan fingerprint density at radius 3 is 2.65 bits per heavy atom. The number of nitrogen functional groups attached to an aromatic ring is 1. The summed E-state index contributed by atoms with van der Waals surface area (Å²) in [7, 11) is 0. The number of nitrogens with zero attached hydrogens (tertiary/aromatic N) is 7. The number of ether oxygens (including phenoxy) is 2. The highest BCUT2D eigenvalue weighted by atomic mass is 32.1. The number of pyridine rings is 1. The number of aryl methyl sites for hydroxylation is 1. The van der Waals surface area contributed by atoms with Crippen LogP contribution in [0.25, 0.3) is 10.3 Å². The molecule has 3 N–H and O–H groups in total. The molecule has 3 amide bonds. The zero-order valence-electron chi connectivity index (χ0n) is 23.4. The minimum atomic E-state index is -0.541. The van der Waals surface area contributed by atoms with Crippen LogP contribution in [-0.2, 0) is 4.74 Å². The predicted octanol–water partition coefficient (Wildman–Crippen LogP) is 3.50. The molecule has 2 aliphatic heterocycles. The molecular weight excluding hydrogens is 534 g/mol. The van der Waals surface area contributed by atoms with E-state index in [9.17, 15) is 9.59 Å². The average molecular weight is 570 g/mol. The normalized spacial score (nSPS) is 19.7. The lowest BCUT2D eigenvalue weighted by Crippen LogP contribution is -2.55. The van der Waals surface area contributed by atoms with Gasteiger partial charge in [0, 0.05) is 44.7 Å². The summed E-state index contributed by atoms with van der Waals surface area (Å²) in [6, 6.07) is 1.60. The number of urea groups is 1. The van der Waals surface area contributed by atoms with Crippen LogP contribution < -0.4 is 20.7 Å². The number of fused-ring (bicyclic) bond motifs is 1. The van der Waals surface area contributed by atoms with Crippen LogP contribution in [0, 0.1) is 6.92 Å². The molecule has 0 spiro atoms. The molecule has 0 saturated carbocycles. The number of hydrogen-bond acceptors (Lipinski definition) is 11. The van der Waals surface area contributed by atoms with E-state index in [1.54, 1.807) is 27.6 Å². The van der Waals surface area contributed by atoms with E-state index >= 15 is 0 Å². The molecule has 0 radical (unpaired) electrons. The number of aromatic nitrogens is 4. The van der Waals surface area contributed by atoms with Crippen LogP contribution in [0.3, 0.4) is 0 Å². The van der Waals surface area contributed by atoms with E-state index in [-0.39, 0.29) is 30.2 Å². The maximum absolute atomic E-state index is 13.1. The van der Waals surface area contributed by atoms with Gasteiger partial charge in [0.1, 0.15) is 17.2 Å². The molecule has 13 nitrogen and oxygen atoms in total. The van der Waals surface area contributed by atoms with Crippen LogP contribution in [0.4, 0.5) is 27.0 Å². The van der Waals surface area contributed by atoms with Gasteiger partial charge in [-0.15, -0.1) is 11.3 Å². The summed E-state index contributed by atoms with van der Waals surface area (Å²) in [6.45, 7) is 12.1. The molecule has 1 unspecified atom stereocenters. The maximum atomic E-state index is 13.1. The molecule has 5 heterocycles. The Hall–Kier alpha value is -3.94. The first-order valence-corrected chi connectivity index (χ1v) is 14.2. The SMILES string of the molecule is Cc1cc(OC2CCN(C(=O)OC(C)(C)C)C2)ncc1NC(=O)N1CCN(c2nc(N)nc3scnc23)[C@@H](C)C1. The van der Waals surface area contributed by atoms with Crippen molar-refractivity contribution in [3.05, 3.63) is 23.3 Å². The van der Waals surface area contributed by atoms with Gasteiger partial charge in [-0.3, -0.25) is 0 Å². The molecule has 0 aromatic carbocycles. The fraction of sp³-hybridized carbons (Fsp3) is 0.538. The van der Waals surface area contributed by atoms with E-state index < -0.39 is 5.60 Å². The Balaban J connectivity index is 1.16. The number of thiazole rings is 1. The smallest absolute Gasteiger partial charge is 0.410 e. The number of nitrogens with one attached hydrogen (secondary N) is 1. The molecule has 5 rings (SSSR count). The summed E-state index contributed by atoms with van der Waals surface area (Å²) in [5, 5.41) is 2.98. The van der Waals surface area contributed by atoms with Crippen LogP contribution in [0.15, 0.2) is 17.8 Å². The van der Waals surface area contributed by atoms with E-state index in [2.05, 4.69) is 30.2 Å². The molecule has 40 heavy (non-hydrogen) atoms. The molecule has 2 saturated heterocycles. The Bertz CT molecular complexity index is 1410. The number of nitrogens with two attached hydrogens (primary N) is 1. The minimum absolute atomic E-state index is 0.000329. The standard InChI is InChI=1S/C26H35N9O4S/c1-15-10-19(38-17-6-7-34(13-17)25(37)39-26(3,4)5)28-11-18(15)30-24(36)33-8-9-35(16(2)12-33)21-20-22(40-14-29-20)32-23(27)31-21/h10-11,14,16-17H,6-9,12-13H2,1-5H3,(H,30,36)(H2,27,31,32)/t16-,17?/m0/s1. The summed E-state index contributed by atoms with van der Waals surface area (Å²) in [5.41, 5.74) is 9.28. The van der Waals surface area contributed by atoms with Crippen molar-refractivity contribution < 1.29 is 19.1 Å². The summed E-state index contributed by atoms with van der Waals surface area (Å²) >= 11 is 1.42. The lowest BCUT2D eigenvalue weighted by molar-refractivity contribution is 0.0275. The zero-order chi connectivity index (χ0) is 28.6. The van der Waals surface area contributed by atoms with Gasteiger partial charge in [0.05, 0.1) is 23.9 Å². The molecule has 2 fully saturated rings. The minimum Gasteiger partial charge on any atom is -0.472 e. The van der Waals surface area contributed by atoms with Crippen molar-refractivity contribution in [2.24, 2.45) is 0 Å². The fourth-order valence-corrected chi connectivity index (χ4v) is 5.49. The summed E-state index contributed by atoms with van der Waals surface area (Å²) in [6.07, 6.45) is 1.78. The van der Waals surface area contributed by atoms with Gasteiger partial charge < -0.3 is 35.2 Å². The van der Waals surface area contributed by atoms with Crippen molar-refractivity contribution in [1.82, 2.24) is 29.7 Å². The predicted molar refractivity (Wildman–Crippen MR) is 153 cm³/mol. The lowest BCUT2D eigenvalue weighted by Gasteiger charge is -2.40. The van der Waals surface area contributed by atoms with Crippen LogP contribution >= 0.6 is 11.3 Å². The Kier molecular flexibility index (Phi) is 7.53. The van der Waals surface area contributed by atoms with Crippen molar-refractivity contribution in [3.63, 3.8) is 0 Å². The number of amides is 3. The van der Waals surface area contributed by atoms with Crippen molar-refractivity contribution in [2.75, 3.05) is 48.7 Å². The van der Waals surface area contributed by atoms with Crippen LogP contribution in [-0.4, -0.2) is 92.3 Å². The van der Waals surface area contributed by atoms with Gasteiger partial charge >= 0.3 is 12.1 Å². The van der Waals surface area contributed by atoms with Gasteiger partial charge in [-0.1, -0.05) is 0 Å². The molecule has 14 heteroatoms. The number of rotatable bonds is 4. The van der Waals surface area contributed by atoms with Crippen LogP contribution in [0.2, 0.25) is 0 Å². The third-order valence-corrected chi connectivity index (χ3v) is 7.51. The maximum Gasteiger partial charge on any atom is 0.410 e. The monoisotopic (exact) mass is 569 g/mol. The second-order valence-corrected chi connectivity index (χ2v) is 12.0. The molecular formula is C26H35N9O4S. The molecule has 214 valence electrons. The molecule has 3 aromatic rings. The summed E-state index contributed by atoms with van der Waals surface area (Å²) in [5.74, 6) is 1.36. The van der Waals surface area contributed by atoms with E-state index in [1.807, 2.05) is 34.6 Å². The number of likely N-dealkylation sites (tertiary alicyclic amines) is 1. The lowest BCUT2D eigenvalue weighted by atomic mass is 10.2. The van der Waals surface area contributed by atoms with Crippen molar-refractivity contribution in [3.8, 4) is 5.88 Å². The third kappa shape index (κ3) is 6.11. The molecule has 0 aliphatic carbocycles. The number of piperazine rings is 1. The molecule has 0 bridgehead atoms. The van der Waals surface area contributed by atoms with Gasteiger partial charge in [-0.25, -0.2) is 24.5 Å². The number of anilines is 3. The van der Waals surface area contributed by atoms with Gasteiger partial charge in [-0.2, -0.15) is 4.98 Å². The van der Waals surface area contributed by atoms with Crippen molar-refractivity contribution in [1.29, 1.82) is 0 Å². The number of hydrogen-bond donors (Lipinski definition) is 2. The van der Waals surface area contributed by atoms with E-state index in [0.717, 1.165) is 15.9 Å². The first-order chi connectivity index (χ1) is 19.0. The van der Waals surface area contributed by atoms with Gasteiger partial charge in [0.25, 0.3) is 0 Å². The Morgan fingerprint density at radius 1 is 1.12 bits per heavy atom. The first kappa shape index (κ1) is 27.6. The average Bonchev–Trinajstić information content (AvgIpc) is 3.54. The topological polar surface area (TPSA) is 152 Å². The third-order valence-electron chi connectivity index (χ3n) is 6.80. The highest BCUT2D eigenvalue weighted by Crippen LogP contribution is 2.29. The Morgan fingerprint density at radius 2 is 1.93 bits per heavy atom. The Labute approximate surface area is 236 Å². The second kappa shape index (κ2) is 10.9. The van der Waals surface area contributed by atoms with E-state index in [0.29, 0.717) is 56.5 Å². The molecule has 3 aromatic heterocycles. The largest absolute Gasteiger partial charge is 0.472 e. The number of carbonyl (C=O) groups excluding carboxylic acids is 2. The number of carbonyl (C=O) groups is 2. The first-order valence-electron chi connectivity index (χ1n) is 13.3. The highest BCUT2D eigenvalue weighted by molar-refractivity contribution is 7.16. The fourth-order valence-electron chi connectivity index (χ4n) is 4.83. The molecule has 2 atom stereocenters. The quantitative estimate of drug-likeness (QED) is 0.477. The van der Waals surface area contributed by atoms with E-state index in [4.69, 9.17) is 15.2 Å². The summed E-state index contributed by atoms with van der Waals surface area (Å²) < 4.78 is 11.5. The van der Waals surface area contributed by atoms with Gasteiger partial charge in [0.2, 0.25) is 11.8 Å². The zero-order valence-corrected chi connectivity index (χ0v) is 24.2. The second-order valence-electron chi connectivity index (χ2n) is 11.1. The van der Waals surface area contributed by atoms with Crippen molar-refractivity contribution >= 4 is 51.3 Å². The van der Waals surface area contributed by atoms with E-state index in [1.165, 1.54) is 11.3 Å². The van der Waals surface area contributed by atoms with Crippen molar-refractivity contribution in [2.45, 2.75) is 58.8 Å². The molecule has 2 aliphatic rings. The summed E-state index contributed by atoms with van der Waals surface area (Å²) in [4.78, 5) is 49.3. The van der Waals surface area contributed by atoms with Crippen LogP contribution in [0.1, 0.15) is 39.7 Å². The van der Waals surface area contributed by atoms with Gasteiger partial charge in [-0.05, 0) is 40.2 Å². The highest BCUT2D eigenvalue weighted by Gasteiger charge is 2.32. The van der Waals surface area contributed by atoms with Gasteiger partial charge in [0.15, 0.2) is 10.6 Å². The van der Waals surface area contributed by atoms with Crippen LogP contribution in [0.5, 0.6) is 5.88 Å².